The number of aromatic amines is 1. The Bertz CT molecular complexity index is 683. The molecule has 0 fully saturated rings. The van der Waals surface area contributed by atoms with E-state index >= 15 is 0 Å². The van der Waals surface area contributed by atoms with Crippen LogP contribution in [-0.4, -0.2) is 19.6 Å². The van der Waals surface area contributed by atoms with Crippen LogP contribution in [0, 0.1) is 0 Å². The van der Waals surface area contributed by atoms with Crippen LogP contribution in [0.2, 0.25) is 0 Å². The van der Waals surface area contributed by atoms with Gasteiger partial charge in [-0.1, -0.05) is 6.92 Å². The Hall–Kier alpha value is -1.63. The van der Waals surface area contributed by atoms with Crippen molar-refractivity contribution >= 4 is 15.9 Å². The number of nitrogens with one attached hydrogen (secondary N) is 1. The minimum atomic E-state index is -0.302. The molecule has 2 heterocycles. The Morgan fingerprint density at radius 2 is 2.11 bits per heavy atom. The maximum absolute atomic E-state index is 11.6. The number of H-pyrrole nitrogens is 1. The number of hydrogen-bond donors (Lipinski definition) is 1. The van der Waals surface area contributed by atoms with Crippen molar-refractivity contribution < 1.29 is 0 Å². The fourth-order valence-corrected chi connectivity index (χ4v) is 2.46. The van der Waals surface area contributed by atoms with E-state index in [2.05, 4.69) is 26.1 Å². The van der Waals surface area contributed by atoms with E-state index in [9.17, 15) is 9.59 Å². The van der Waals surface area contributed by atoms with Gasteiger partial charge in [0, 0.05) is 19.2 Å². The molecule has 6 nitrogen and oxygen atoms in total. The van der Waals surface area contributed by atoms with Gasteiger partial charge in [0.05, 0.1) is 22.4 Å². The molecule has 0 aliphatic heterocycles. The van der Waals surface area contributed by atoms with Crippen LogP contribution in [0.5, 0.6) is 0 Å². The van der Waals surface area contributed by atoms with Crippen LogP contribution in [-0.2, 0) is 20.0 Å². The third kappa shape index (κ3) is 2.31. The Balaban J connectivity index is 2.46. The summed E-state index contributed by atoms with van der Waals surface area (Å²) in [6.45, 7) is 2.28. The summed E-state index contributed by atoms with van der Waals surface area (Å²) in [7, 11) is 1.81. The summed E-state index contributed by atoms with van der Waals surface area (Å²) in [5, 5.41) is 6.83. The van der Waals surface area contributed by atoms with Crippen molar-refractivity contribution in [2.75, 3.05) is 0 Å². The van der Waals surface area contributed by atoms with Gasteiger partial charge in [0.1, 0.15) is 0 Å². The molecule has 2 aromatic rings. The van der Waals surface area contributed by atoms with Gasteiger partial charge in [-0.2, -0.15) is 5.10 Å². The molecular weight excluding hydrogens is 300 g/mol. The zero-order valence-corrected chi connectivity index (χ0v) is 11.7. The number of aromatic nitrogens is 4. The van der Waals surface area contributed by atoms with E-state index in [0.717, 1.165) is 22.3 Å². The van der Waals surface area contributed by atoms with E-state index in [1.807, 2.05) is 14.0 Å². The average Bonchev–Trinajstić information content (AvgIpc) is 2.61. The van der Waals surface area contributed by atoms with Gasteiger partial charge in [-0.3, -0.25) is 19.4 Å². The first kappa shape index (κ1) is 12.8. The van der Waals surface area contributed by atoms with E-state index < -0.39 is 0 Å². The second-order valence-electron chi connectivity index (χ2n) is 3.92. The number of nitrogens with zero attached hydrogens (tertiary/aromatic N) is 3. The van der Waals surface area contributed by atoms with Crippen LogP contribution < -0.4 is 11.1 Å². The quantitative estimate of drug-likeness (QED) is 0.904. The number of rotatable bonds is 3. The molecule has 2 aromatic heterocycles. The lowest BCUT2D eigenvalue weighted by molar-refractivity contribution is 0.581. The van der Waals surface area contributed by atoms with Crippen molar-refractivity contribution in [3.05, 3.63) is 48.7 Å². The monoisotopic (exact) mass is 312 g/mol. The first-order valence-corrected chi connectivity index (χ1v) is 6.32. The smallest absolute Gasteiger partial charge is 0.265 e. The van der Waals surface area contributed by atoms with Crippen LogP contribution in [0.15, 0.2) is 26.2 Å². The van der Waals surface area contributed by atoms with Gasteiger partial charge >= 0.3 is 0 Å². The third-order valence-electron chi connectivity index (χ3n) is 2.70. The summed E-state index contributed by atoms with van der Waals surface area (Å²) in [6, 6.07) is 2.47. The molecule has 0 aromatic carbocycles. The number of hydrogen-bond acceptors (Lipinski definition) is 3. The highest BCUT2D eigenvalue weighted by molar-refractivity contribution is 9.10. The van der Waals surface area contributed by atoms with Crippen LogP contribution in [0.3, 0.4) is 0 Å². The second-order valence-corrected chi connectivity index (χ2v) is 4.71. The maximum atomic E-state index is 11.6. The highest BCUT2D eigenvalue weighted by Crippen LogP contribution is 2.21. The van der Waals surface area contributed by atoms with E-state index in [-0.39, 0.29) is 17.7 Å². The molecule has 96 valence electrons. The predicted molar refractivity (Wildman–Crippen MR) is 70.7 cm³/mol. The summed E-state index contributed by atoms with van der Waals surface area (Å²) in [5.74, 6) is 0. The summed E-state index contributed by atoms with van der Waals surface area (Å²) >= 11 is 3.47. The minimum Gasteiger partial charge on any atom is -0.269 e. The second kappa shape index (κ2) is 4.93. The van der Waals surface area contributed by atoms with Gasteiger partial charge in [0.25, 0.3) is 11.1 Å². The van der Waals surface area contributed by atoms with Crippen LogP contribution in [0.25, 0.3) is 0 Å². The lowest BCUT2D eigenvalue weighted by Gasteiger charge is -2.05. The first-order valence-electron chi connectivity index (χ1n) is 5.53. The Morgan fingerprint density at radius 3 is 2.72 bits per heavy atom. The summed E-state index contributed by atoms with van der Waals surface area (Å²) in [6.07, 6.45) is 0.800. The molecule has 0 saturated carbocycles. The molecule has 18 heavy (non-hydrogen) atoms. The number of halogens is 1. The normalized spacial score (nSPS) is 10.8. The third-order valence-corrected chi connectivity index (χ3v) is 3.61. The fourth-order valence-electron chi connectivity index (χ4n) is 1.72. The topological polar surface area (TPSA) is 72.7 Å². The SMILES string of the molecule is CCc1nn(C)c(Cn2[nH]c(=O)ccc2=O)c1Br. The molecule has 1 N–H and O–H groups in total. The molecular formula is C11H13BrN4O2. The fraction of sp³-hybridized carbons (Fsp3) is 0.364. The van der Waals surface area contributed by atoms with Crippen molar-refractivity contribution in [2.45, 2.75) is 19.9 Å². The van der Waals surface area contributed by atoms with Gasteiger partial charge in [0.2, 0.25) is 0 Å². The van der Waals surface area contributed by atoms with E-state index in [1.165, 1.54) is 16.8 Å². The Labute approximate surface area is 111 Å². The van der Waals surface area contributed by atoms with Crippen molar-refractivity contribution in [1.82, 2.24) is 19.6 Å². The molecule has 0 amide bonds. The van der Waals surface area contributed by atoms with Gasteiger partial charge in [-0.05, 0) is 22.4 Å². The largest absolute Gasteiger partial charge is 0.269 e. The van der Waals surface area contributed by atoms with E-state index in [4.69, 9.17) is 0 Å². The Kier molecular flexibility index (Phi) is 3.51. The molecule has 2 rings (SSSR count). The van der Waals surface area contributed by atoms with Crippen molar-refractivity contribution in [3.63, 3.8) is 0 Å². The highest BCUT2D eigenvalue weighted by Gasteiger charge is 2.13. The predicted octanol–water partition coefficient (Wildman–Crippen LogP) is 0.643. The molecule has 0 atom stereocenters. The van der Waals surface area contributed by atoms with Crippen molar-refractivity contribution in [3.8, 4) is 0 Å². The molecule has 0 saturated heterocycles. The van der Waals surface area contributed by atoms with E-state index in [0.29, 0.717) is 0 Å². The van der Waals surface area contributed by atoms with Crippen LogP contribution >= 0.6 is 15.9 Å². The van der Waals surface area contributed by atoms with Gasteiger partial charge in [0.15, 0.2) is 0 Å². The molecule has 0 spiro atoms. The summed E-state index contributed by atoms with van der Waals surface area (Å²) < 4.78 is 3.86. The lowest BCUT2D eigenvalue weighted by atomic mass is 10.3. The van der Waals surface area contributed by atoms with Crippen LogP contribution in [0.1, 0.15) is 18.3 Å². The summed E-state index contributed by atoms with van der Waals surface area (Å²) in [5.41, 5.74) is 1.22. The van der Waals surface area contributed by atoms with Crippen LogP contribution in [0.4, 0.5) is 0 Å². The molecule has 0 bridgehead atoms. The van der Waals surface area contributed by atoms with Crippen molar-refractivity contribution in [2.24, 2.45) is 7.05 Å². The first-order chi connectivity index (χ1) is 8.52. The zero-order chi connectivity index (χ0) is 13.3. The van der Waals surface area contributed by atoms with Gasteiger partial charge in [-0.15, -0.1) is 0 Å². The standard InChI is InChI=1S/C11H13BrN4O2/c1-3-7-11(12)8(15(2)13-7)6-16-10(18)5-4-9(17)14-16/h4-5H,3,6H2,1-2H3,(H,14,17). The summed E-state index contributed by atoms with van der Waals surface area (Å²) in [4.78, 5) is 22.8. The average molecular weight is 313 g/mol. The van der Waals surface area contributed by atoms with Crippen molar-refractivity contribution in [1.29, 1.82) is 0 Å². The molecule has 0 aliphatic rings. The van der Waals surface area contributed by atoms with Gasteiger partial charge < -0.3 is 0 Å². The maximum Gasteiger partial charge on any atom is 0.265 e. The zero-order valence-electron chi connectivity index (χ0n) is 10.1. The van der Waals surface area contributed by atoms with E-state index in [1.54, 1.807) is 4.68 Å². The van der Waals surface area contributed by atoms with Gasteiger partial charge in [-0.25, -0.2) is 4.68 Å². The molecule has 0 unspecified atom stereocenters. The number of aryl methyl sites for hydroxylation is 2. The molecule has 0 radical (unpaired) electrons. The Morgan fingerprint density at radius 1 is 1.39 bits per heavy atom. The molecule has 0 aliphatic carbocycles. The lowest BCUT2D eigenvalue weighted by Crippen LogP contribution is -2.29. The molecule has 7 heteroatoms. The minimum absolute atomic E-state index is 0.249. The highest BCUT2D eigenvalue weighted by atomic mass is 79.9.